The molecule has 2 aromatic rings. The second-order valence-corrected chi connectivity index (χ2v) is 3.67. The lowest BCUT2D eigenvalue weighted by atomic mass is 10.5. The molecule has 0 atom stereocenters. The smallest absolute Gasteiger partial charge is 0.320 e. The van der Waals surface area contributed by atoms with Crippen LogP contribution in [0.1, 0.15) is 5.01 Å². The summed E-state index contributed by atoms with van der Waals surface area (Å²) in [5.74, 6) is 0.491. The first-order valence-corrected chi connectivity index (χ1v) is 4.37. The van der Waals surface area contributed by atoms with E-state index in [0.717, 1.165) is 9.88 Å². The van der Waals surface area contributed by atoms with E-state index in [1.54, 1.807) is 6.20 Å². The molecule has 0 saturated carbocycles. The molecular formula is C6H4ClN3OS. The Kier molecular flexibility index (Phi) is 1.82. The summed E-state index contributed by atoms with van der Waals surface area (Å²) in [6.07, 6.45) is 1.70. The van der Waals surface area contributed by atoms with Crippen molar-refractivity contribution in [2.24, 2.45) is 0 Å². The molecule has 4 nitrogen and oxygen atoms in total. The minimum atomic E-state index is 0.0519. The molecule has 0 radical (unpaired) electrons. The number of hydrogen-bond donors (Lipinski definition) is 0. The van der Waals surface area contributed by atoms with E-state index in [4.69, 9.17) is 11.6 Å². The van der Waals surface area contributed by atoms with E-state index >= 15 is 0 Å². The number of aromatic nitrogens is 3. The largest absolute Gasteiger partial charge is 0.321 e. The maximum atomic E-state index is 5.46. The fraction of sp³-hybridized carbons (Fsp3) is 0.167. The van der Waals surface area contributed by atoms with Gasteiger partial charge in [0.05, 0.1) is 9.88 Å². The van der Waals surface area contributed by atoms with Crippen molar-refractivity contribution in [3.63, 3.8) is 0 Å². The van der Waals surface area contributed by atoms with Gasteiger partial charge in [-0.15, -0.1) is 11.3 Å². The first-order chi connectivity index (χ1) is 5.75. The van der Waals surface area contributed by atoms with Crippen molar-refractivity contribution in [2.75, 3.05) is 0 Å². The second-order valence-electron chi connectivity index (χ2n) is 2.11. The van der Waals surface area contributed by atoms with Gasteiger partial charge in [0.15, 0.2) is 0 Å². The van der Waals surface area contributed by atoms with E-state index in [2.05, 4.69) is 19.6 Å². The standard InChI is InChI=1S/C6H4ClN3OS/c1-3-8-2-4(12-3)5-9-6(7)11-10-5/h2H,1H3. The number of nitrogens with zero attached hydrogens (tertiary/aromatic N) is 3. The quantitative estimate of drug-likeness (QED) is 0.710. The summed E-state index contributed by atoms with van der Waals surface area (Å²) in [6, 6.07) is 0. The molecule has 0 unspecified atom stereocenters. The third-order valence-electron chi connectivity index (χ3n) is 1.24. The van der Waals surface area contributed by atoms with Gasteiger partial charge in [0.1, 0.15) is 0 Å². The summed E-state index contributed by atoms with van der Waals surface area (Å²) in [5, 5.41) is 4.67. The van der Waals surface area contributed by atoms with Crippen molar-refractivity contribution in [3.8, 4) is 10.7 Å². The minimum Gasteiger partial charge on any atom is -0.321 e. The van der Waals surface area contributed by atoms with Crippen LogP contribution in [0.2, 0.25) is 5.35 Å². The van der Waals surface area contributed by atoms with Gasteiger partial charge in [0.25, 0.3) is 0 Å². The van der Waals surface area contributed by atoms with Gasteiger partial charge in [0, 0.05) is 6.20 Å². The number of halogens is 1. The molecule has 62 valence electrons. The molecule has 6 heteroatoms. The van der Waals surface area contributed by atoms with Crippen molar-refractivity contribution < 1.29 is 4.52 Å². The molecule has 0 aliphatic carbocycles. The summed E-state index contributed by atoms with van der Waals surface area (Å²) < 4.78 is 4.61. The Balaban J connectivity index is 2.43. The number of rotatable bonds is 1. The molecule has 2 rings (SSSR count). The lowest BCUT2D eigenvalue weighted by Gasteiger charge is -1.79. The first-order valence-electron chi connectivity index (χ1n) is 3.18. The van der Waals surface area contributed by atoms with E-state index in [-0.39, 0.29) is 5.35 Å². The average Bonchev–Trinajstić information content (AvgIpc) is 2.58. The summed E-state index contributed by atoms with van der Waals surface area (Å²) in [7, 11) is 0. The van der Waals surface area contributed by atoms with Crippen LogP contribution in [0.3, 0.4) is 0 Å². The fourth-order valence-electron chi connectivity index (χ4n) is 0.770. The van der Waals surface area contributed by atoms with Gasteiger partial charge in [-0.05, 0) is 18.5 Å². The lowest BCUT2D eigenvalue weighted by molar-refractivity contribution is 0.421. The van der Waals surface area contributed by atoms with E-state index in [1.807, 2.05) is 6.92 Å². The monoisotopic (exact) mass is 201 g/mol. The zero-order valence-corrected chi connectivity index (χ0v) is 7.69. The van der Waals surface area contributed by atoms with E-state index in [1.165, 1.54) is 11.3 Å². The molecule has 0 fully saturated rings. The Morgan fingerprint density at radius 2 is 2.42 bits per heavy atom. The van der Waals surface area contributed by atoms with E-state index < -0.39 is 0 Å². The van der Waals surface area contributed by atoms with Gasteiger partial charge in [-0.2, -0.15) is 4.98 Å². The molecule has 2 heterocycles. The molecule has 0 N–H and O–H groups in total. The minimum absolute atomic E-state index is 0.0519. The van der Waals surface area contributed by atoms with Crippen LogP contribution in [0, 0.1) is 6.92 Å². The van der Waals surface area contributed by atoms with Gasteiger partial charge in [-0.3, -0.25) is 0 Å². The molecule has 0 spiro atoms. The molecular weight excluding hydrogens is 198 g/mol. The Morgan fingerprint density at radius 1 is 1.58 bits per heavy atom. The van der Waals surface area contributed by atoms with Crippen LogP contribution in [0.4, 0.5) is 0 Å². The Morgan fingerprint density at radius 3 is 2.92 bits per heavy atom. The predicted molar refractivity (Wildman–Crippen MR) is 45.2 cm³/mol. The molecule has 0 amide bonds. The van der Waals surface area contributed by atoms with Crippen molar-refractivity contribution in [1.82, 2.24) is 15.1 Å². The van der Waals surface area contributed by atoms with Crippen molar-refractivity contribution in [3.05, 3.63) is 16.6 Å². The number of hydrogen-bond acceptors (Lipinski definition) is 5. The van der Waals surface area contributed by atoms with Crippen molar-refractivity contribution >= 4 is 22.9 Å². The van der Waals surface area contributed by atoms with Gasteiger partial charge in [-0.25, -0.2) is 4.98 Å². The highest BCUT2D eigenvalue weighted by molar-refractivity contribution is 7.14. The SMILES string of the molecule is Cc1ncc(-c2noc(Cl)n2)s1. The lowest BCUT2D eigenvalue weighted by Crippen LogP contribution is -1.72. The molecule has 0 bridgehead atoms. The Bertz CT molecular complexity index is 359. The van der Waals surface area contributed by atoms with Crippen molar-refractivity contribution in [1.29, 1.82) is 0 Å². The van der Waals surface area contributed by atoms with Crippen LogP contribution in [0.5, 0.6) is 0 Å². The zero-order valence-electron chi connectivity index (χ0n) is 6.11. The van der Waals surface area contributed by atoms with Gasteiger partial charge in [0.2, 0.25) is 5.82 Å². The highest BCUT2D eigenvalue weighted by Crippen LogP contribution is 2.23. The third-order valence-corrected chi connectivity index (χ3v) is 2.31. The van der Waals surface area contributed by atoms with Crippen LogP contribution in [0.25, 0.3) is 10.7 Å². The van der Waals surface area contributed by atoms with Crippen LogP contribution in [-0.4, -0.2) is 15.1 Å². The Labute approximate surface area is 77.2 Å². The van der Waals surface area contributed by atoms with Crippen LogP contribution < -0.4 is 0 Å². The predicted octanol–water partition coefficient (Wildman–Crippen LogP) is 2.15. The summed E-state index contributed by atoms with van der Waals surface area (Å²) >= 11 is 6.96. The highest BCUT2D eigenvalue weighted by Gasteiger charge is 2.08. The van der Waals surface area contributed by atoms with Crippen LogP contribution in [0.15, 0.2) is 10.7 Å². The first kappa shape index (κ1) is 7.70. The van der Waals surface area contributed by atoms with Crippen molar-refractivity contribution in [2.45, 2.75) is 6.92 Å². The summed E-state index contributed by atoms with van der Waals surface area (Å²) in [6.45, 7) is 1.91. The van der Waals surface area contributed by atoms with Gasteiger partial charge < -0.3 is 4.52 Å². The topological polar surface area (TPSA) is 51.8 Å². The molecule has 0 aliphatic heterocycles. The third kappa shape index (κ3) is 1.33. The molecule has 0 aliphatic rings. The van der Waals surface area contributed by atoms with Crippen LogP contribution in [-0.2, 0) is 0 Å². The Hall–Kier alpha value is -0.940. The van der Waals surface area contributed by atoms with Gasteiger partial charge >= 0.3 is 5.35 Å². The zero-order chi connectivity index (χ0) is 8.55. The second kappa shape index (κ2) is 2.84. The normalized spacial score (nSPS) is 10.5. The van der Waals surface area contributed by atoms with Crippen LogP contribution >= 0.6 is 22.9 Å². The molecule has 0 saturated heterocycles. The number of thiazole rings is 1. The maximum Gasteiger partial charge on any atom is 0.320 e. The molecule has 0 aromatic carbocycles. The molecule has 12 heavy (non-hydrogen) atoms. The average molecular weight is 202 g/mol. The van der Waals surface area contributed by atoms with E-state index in [9.17, 15) is 0 Å². The maximum absolute atomic E-state index is 5.46. The summed E-state index contributed by atoms with van der Waals surface area (Å²) in [5.41, 5.74) is 0. The highest BCUT2D eigenvalue weighted by atomic mass is 35.5. The summed E-state index contributed by atoms with van der Waals surface area (Å²) in [4.78, 5) is 8.77. The van der Waals surface area contributed by atoms with Gasteiger partial charge in [-0.1, -0.05) is 5.16 Å². The fourth-order valence-corrected chi connectivity index (χ4v) is 1.59. The number of aryl methyl sites for hydroxylation is 1. The van der Waals surface area contributed by atoms with E-state index in [0.29, 0.717) is 5.82 Å². The molecule has 2 aromatic heterocycles.